The van der Waals surface area contributed by atoms with E-state index in [1.165, 1.54) is 20.3 Å². The Kier molecular flexibility index (Phi) is 7.33. The molecular formula is C20H28FN5O4. The summed E-state index contributed by atoms with van der Waals surface area (Å²) in [5.74, 6) is -1.96. The normalized spacial score (nSPS) is 22.1. The number of carbonyl (C=O) groups is 2. The van der Waals surface area contributed by atoms with E-state index in [-0.39, 0.29) is 23.2 Å². The van der Waals surface area contributed by atoms with Crippen LogP contribution in [0.5, 0.6) is 5.75 Å². The molecule has 2 aliphatic rings. The number of carbonyl (C=O) groups excluding carboxylic acids is 2. The van der Waals surface area contributed by atoms with Crippen molar-refractivity contribution in [1.82, 2.24) is 9.80 Å². The van der Waals surface area contributed by atoms with Gasteiger partial charge in [0.2, 0.25) is 0 Å². The minimum absolute atomic E-state index is 0.00260. The summed E-state index contributed by atoms with van der Waals surface area (Å²) in [5, 5.41) is 11.1. The molecule has 0 saturated carbocycles. The first kappa shape index (κ1) is 22.1. The molecule has 0 radical (unpaired) electrons. The van der Waals surface area contributed by atoms with Crippen LogP contribution < -0.4 is 10.1 Å². The van der Waals surface area contributed by atoms with Gasteiger partial charge in [-0.25, -0.2) is 9.18 Å². The molecule has 3 rings (SSSR count). The molecule has 10 heteroatoms. The lowest BCUT2D eigenvalue weighted by Gasteiger charge is -2.28. The van der Waals surface area contributed by atoms with Gasteiger partial charge in [0.15, 0.2) is 11.6 Å². The van der Waals surface area contributed by atoms with Gasteiger partial charge in [-0.1, -0.05) is 6.92 Å². The molecule has 0 bridgehead atoms. The van der Waals surface area contributed by atoms with Gasteiger partial charge in [-0.15, -0.1) is 0 Å². The summed E-state index contributed by atoms with van der Waals surface area (Å²) in [4.78, 5) is 29.3. The van der Waals surface area contributed by atoms with E-state index in [0.29, 0.717) is 12.8 Å². The summed E-state index contributed by atoms with van der Waals surface area (Å²) < 4.78 is 23.7. The van der Waals surface area contributed by atoms with Crippen LogP contribution in [0.1, 0.15) is 36.5 Å². The molecule has 0 aliphatic carbocycles. The van der Waals surface area contributed by atoms with Crippen LogP contribution in [-0.2, 0) is 9.53 Å². The number of hydrogen-bond donors (Lipinski definition) is 1. The standard InChI is InChI=1S/C20H28FN5O4/c1-4-7-25-8-9-26(12-25)18-6-5-15(23-24-18)19(27)22-16-11-14(21)17(29-2)10-13(16)20(28)30-3/h10-11,15,18H,4-9,12H2,1-3H3,(H,22,27). The second-order valence-corrected chi connectivity index (χ2v) is 7.39. The minimum atomic E-state index is -0.709. The molecule has 1 aromatic carbocycles. The molecule has 30 heavy (non-hydrogen) atoms. The zero-order chi connectivity index (χ0) is 21.7. The van der Waals surface area contributed by atoms with E-state index in [1.54, 1.807) is 0 Å². The van der Waals surface area contributed by atoms with Crippen LogP contribution in [0.25, 0.3) is 0 Å². The van der Waals surface area contributed by atoms with E-state index in [0.717, 1.165) is 38.8 Å². The molecule has 2 atom stereocenters. The van der Waals surface area contributed by atoms with Gasteiger partial charge in [0.25, 0.3) is 5.91 Å². The highest BCUT2D eigenvalue weighted by molar-refractivity contribution is 6.03. The molecule has 9 nitrogen and oxygen atoms in total. The first-order valence-corrected chi connectivity index (χ1v) is 10.1. The van der Waals surface area contributed by atoms with Gasteiger partial charge in [-0.2, -0.15) is 10.2 Å². The highest BCUT2D eigenvalue weighted by Gasteiger charge is 2.31. The van der Waals surface area contributed by atoms with Gasteiger partial charge >= 0.3 is 5.97 Å². The quantitative estimate of drug-likeness (QED) is 0.680. The van der Waals surface area contributed by atoms with Crippen LogP contribution >= 0.6 is 0 Å². The van der Waals surface area contributed by atoms with E-state index < -0.39 is 23.7 Å². The third-order valence-electron chi connectivity index (χ3n) is 5.34. The lowest BCUT2D eigenvalue weighted by atomic mass is 10.1. The number of esters is 1. The number of halogens is 1. The average molecular weight is 421 g/mol. The Morgan fingerprint density at radius 1 is 1.23 bits per heavy atom. The summed E-state index contributed by atoms with van der Waals surface area (Å²) >= 11 is 0. The van der Waals surface area contributed by atoms with E-state index >= 15 is 0 Å². The molecule has 2 unspecified atom stereocenters. The fraction of sp³-hybridized carbons (Fsp3) is 0.600. The molecule has 1 aromatic rings. The maximum atomic E-state index is 14.1. The van der Waals surface area contributed by atoms with E-state index in [1.807, 2.05) is 0 Å². The van der Waals surface area contributed by atoms with Gasteiger partial charge < -0.3 is 14.8 Å². The lowest BCUT2D eigenvalue weighted by Crippen LogP contribution is -2.38. The maximum Gasteiger partial charge on any atom is 0.340 e. The lowest BCUT2D eigenvalue weighted by molar-refractivity contribution is -0.118. The molecule has 1 saturated heterocycles. The number of benzene rings is 1. The number of methoxy groups -OCH3 is 2. The Morgan fingerprint density at radius 3 is 2.67 bits per heavy atom. The van der Waals surface area contributed by atoms with Gasteiger partial charge in [0.1, 0.15) is 12.2 Å². The number of nitrogens with zero attached hydrogens (tertiary/aromatic N) is 4. The summed E-state index contributed by atoms with van der Waals surface area (Å²) in [6.07, 6.45) is 2.32. The smallest absolute Gasteiger partial charge is 0.340 e. The van der Waals surface area contributed by atoms with E-state index in [4.69, 9.17) is 9.47 Å². The topological polar surface area (TPSA) is 95.8 Å². The Bertz CT molecular complexity index is 819. The summed E-state index contributed by atoms with van der Waals surface area (Å²) in [5.41, 5.74) is 0.0139. The van der Waals surface area contributed by atoms with Gasteiger partial charge in [-0.05, 0) is 31.9 Å². The number of azo groups is 1. The van der Waals surface area contributed by atoms with Crippen molar-refractivity contribution in [3.05, 3.63) is 23.5 Å². The largest absolute Gasteiger partial charge is 0.494 e. The molecule has 1 fully saturated rings. The molecule has 1 amide bonds. The number of anilines is 1. The Labute approximate surface area is 175 Å². The first-order valence-electron chi connectivity index (χ1n) is 10.1. The summed E-state index contributed by atoms with van der Waals surface area (Å²) in [6, 6.07) is 1.55. The third-order valence-corrected chi connectivity index (χ3v) is 5.34. The average Bonchev–Trinajstić information content (AvgIpc) is 3.22. The number of hydrogen-bond acceptors (Lipinski definition) is 8. The Hall–Kier alpha value is -2.59. The number of rotatable bonds is 7. The van der Waals surface area contributed by atoms with Crippen molar-refractivity contribution in [2.45, 2.75) is 38.4 Å². The second-order valence-electron chi connectivity index (χ2n) is 7.39. The van der Waals surface area contributed by atoms with Crippen molar-refractivity contribution >= 4 is 17.6 Å². The summed E-state index contributed by atoms with van der Waals surface area (Å²) in [7, 11) is 2.50. The van der Waals surface area contributed by atoms with E-state index in [2.05, 4.69) is 32.3 Å². The van der Waals surface area contributed by atoms with Crippen LogP contribution in [0.15, 0.2) is 22.4 Å². The molecule has 0 spiro atoms. The Morgan fingerprint density at radius 2 is 2.03 bits per heavy atom. The van der Waals surface area contributed by atoms with Gasteiger partial charge in [0, 0.05) is 19.2 Å². The highest BCUT2D eigenvalue weighted by atomic mass is 19.1. The van der Waals surface area contributed by atoms with Crippen LogP contribution in [-0.4, -0.2) is 74.4 Å². The minimum Gasteiger partial charge on any atom is -0.494 e. The predicted molar refractivity (Wildman–Crippen MR) is 108 cm³/mol. The SMILES string of the molecule is CCCN1CCN(C2CCC(C(=O)Nc3cc(F)c(OC)cc3C(=O)OC)N=N2)C1. The molecule has 1 N–H and O–H groups in total. The van der Waals surface area contributed by atoms with Crippen molar-refractivity contribution in [2.75, 3.05) is 45.8 Å². The van der Waals surface area contributed by atoms with Crippen LogP contribution in [0.2, 0.25) is 0 Å². The number of ether oxygens (including phenoxy) is 2. The molecule has 164 valence electrons. The first-order chi connectivity index (χ1) is 14.5. The zero-order valence-corrected chi connectivity index (χ0v) is 17.6. The fourth-order valence-electron chi connectivity index (χ4n) is 3.74. The molecule has 2 heterocycles. The van der Waals surface area contributed by atoms with Crippen LogP contribution in [0, 0.1) is 5.82 Å². The van der Waals surface area contributed by atoms with Crippen molar-refractivity contribution in [2.24, 2.45) is 10.2 Å². The van der Waals surface area contributed by atoms with Crippen molar-refractivity contribution < 1.29 is 23.5 Å². The van der Waals surface area contributed by atoms with Crippen molar-refractivity contribution in [1.29, 1.82) is 0 Å². The second kappa shape index (κ2) is 9.94. The third kappa shape index (κ3) is 4.93. The summed E-state index contributed by atoms with van der Waals surface area (Å²) in [6.45, 7) is 6.04. The maximum absolute atomic E-state index is 14.1. The Balaban J connectivity index is 1.66. The number of nitrogens with one attached hydrogen (secondary N) is 1. The van der Waals surface area contributed by atoms with Crippen LogP contribution in [0.3, 0.4) is 0 Å². The molecular weight excluding hydrogens is 393 g/mol. The molecule has 2 aliphatic heterocycles. The highest BCUT2D eigenvalue weighted by Crippen LogP contribution is 2.28. The zero-order valence-electron chi connectivity index (χ0n) is 17.6. The molecule has 0 aromatic heterocycles. The fourth-order valence-corrected chi connectivity index (χ4v) is 3.74. The monoisotopic (exact) mass is 421 g/mol. The van der Waals surface area contributed by atoms with Crippen molar-refractivity contribution in [3.8, 4) is 5.75 Å². The van der Waals surface area contributed by atoms with E-state index in [9.17, 15) is 14.0 Å². The van der Waals surface area contributed by atoms with Gasteiger partial charge in [-0.3, -0.25) is 14.6 Å². The van der Waals surface area contributed by atoms with Crippen molar-refractivity contribution in [3.63, 3.8) is 0 Å². The number of amides is 1. The van der Waals surface area contributed by atoms with Crippen LogP contribution in [0.4, 0.5) is 10.1 Å². The van der Waals surface area contributed by atoms with Gasteiger partial charge in [0.05, 0.1) is 32.1 Å². The predicted octanol–water partition coefficient (Wildman–Crippen LogP) is 2.49.